The van der Waals surface area contributed by atoms with Crippen molar-refractivity contribution in [2.24, 2.45) is 0 Å². The molecule has 1 heterocycles. The Morgan fingerprint density at radius 3 is 2.03 bits per heavy atom. The van der Waals surface area contributed by atoms with Crippen LogP contribution in [0.2, 0.25) is 0 Å². The van der Waals surface area contributed by atoms with Gasteiger partial charge < -0.3 is 4.85 Å². The molecule has 0 atom stereocenters. The van der Waals surface area contributed by atoms with Gasteiger partial charge in [-0.25, -0.2) is 9.55 Å². The molecule has 0 unspecified atom stereocenters. The molecular weight excluding hydrogens is 354 g/mol. The Morgan fingerprint density at radius 2 is 1.41 bits per heavy atom. The molecular formula is C26H23N3. The molecule has 0 N–H and O–H groups in total. The van der Waals surface area contributed by atoms with E-state index in [-0.39, 0.29) is 0 Å². The third kappa shape index (κ3) is 3.34. The van der Waals surface area contributed by atoms with Gasteiger partial charge in [0.25, 0.3) is 5.82 Å². The van der Waals surface area contributed by atoms with E-state index in [1.54, 1.807) is 0 Å². The molecule has 1 aromatic heterocycles. The summed E-state index contributed by atoms with van der Waals surface area (Å²) in [6.45, 7) is 16.4. The number of aryl methyl sites for hydroxylation is 4. The summed E-state index contributed by atoms with van der Waals surface area (Å²) >= 11 is 0. The number of imidazole rings is 1. The minimum absolute atomic E-state index is 0.546. The predicted molar refractivity (Wildman–Crippen MR) is 120 cm³/mol. The zero-order valence-corrected chi connectivity index (χ0v) is 17.2. The van der Waals surface area contributed by atoms with Gasteiger partial charge in [0.05, 0.1) is 5.69 Å². The highest BCUT2D eigenvalue weighted by atomic mass is 15.2. The van der Waals surface area contributed by atoms with Gasteiger partial charge in [-0.3, -0.25) is 0 Å². The fourth-order valence-corrected chi connectivity index (χ4v) is 4.02. The van der Waals surface area contributed by atoms with Crippen molar-refractivity contribution in [2.75, 3.05) is 0 Å². The van der Waals surface area contributed by atoms with Crippen molar-refractivity contribution >= 4 is 5.82 Å². The van der Waals surface area contributed by atoms with E-state index in [0.717, 1.165) is 45.0 Å². The second kappa shape index (κ2) is 7.41. The molecule has 0 aliphatic heterocycles. The molecule has 3 aromatic carbocycles. The molecule has 0 saturated heterocycles. The van der Waals surface area contributed by atoms with Gasteiger partial charge in [-0.05, 0) is 56.5 Å². The summed E-state index contributed by atoms with van der Waals surface area (Å²) in [4.78, 5) is 8.95. The molecule has 3 nitrogen and oxygen atoms in total. The Hall–Kier alpha value is -3.64. The molecule has 0 amide bonds. The van der Waals surface area contributed by atoms with Crippen LogP contribution in [0.5, 0.6) is 0 Å². The van der Waals surface area contributed by atoms with Crippen molar-refractivity contribution in [3.8, 4) is 28.3 Å². The van der Waals surface area contributed by atoms with Crippen molar-refractivity contribution < 1.29 is 0 Å². The number of nitrogens with zero attached hydrogens (tertiary/aromatic N) is 3. The topological polar surface area (TPSA) is 22.2 Å². The number of rotatable bonds is 3. The minimum atomic E-state index is 0.546. The van der Waals surface area contributed by atoms with Crippen LogP contribution in [0.1, 0.15) is 22.3 Å². The minimum Gasteiger partial charge on any atom is -0.361 e. The van der Waals surface area contributed by atoms with E-state index in [1.807, 2.05) is 47.0 Å². The first-order chi connectivity index (χ1) is 14.0. The molecule has 4 aromatic rings. The van der Waals surface area contributed by atoms with E-state index >= 15 is 0 Å². The maximum Gasteiger partial charge on any atom is 0.263 e. The lowest BCUT2D eigenvalue weighted by Crippen LogP contribution is -2.03. The lowest BCUT2D eigenvalue weighted by molar-refractivity contribution is 1.04. The van der Waals surface area contributed by atoms with Crippen LogP contribution in [0.25, 0.3) is 33.2 Å². The largest absolute Gasteiger partial charge is 0.361 e. The van der Waals surface area contributed by atoms with Crippen LogP contribution in [-0.4, -0.2) is 9.55 Å². The second-order valence-electron chi connectivity index (χ2n) is 7.54. The van der Waals surface area contributed by atoms with Gasteiger partial charge in [0, 0.05) is 5.56 Å². The second-order valence-corrected chi connectivity index (χ2v) is 7.54. The zero-order valence-electron chi connectivity index (χ0n) is 17.2. The van der Waals surface area contributed by atoms with Crippen LogP contribution in [0.3, 0.4) is 0 Å². The Balaban J connectivity index is 2.10. The van der Waals surface area contributed by atoms with E-state index < -0.39 is 0 Å². The monoisotopic (exact) mass is 377 g/mol. The molecule has 4 rings (SSSR count). The molecule has 3 heteroatoms. The summed E-state index contributed by atoms with van der Waals surface area (Å²) in [7, 11) is 0. The Bertz CT molecular complexity index is 1220. The molecule has 29 heavy (non-hydrogen) atoms. The Kier molecular flexibility index (Phi) is 4.78. The van der Waals surface area contributed by atoms with Gasteiger partial charge >= 0.3 is 0 Å². The lowest BCUT2D eigenvalue weighted by atomic mass is 10.0. The average molecular weight is 377 g/mol. The van der Waals surface area contributed by atoms with Gasteiger partial charge in [-0.1, -0.05) is 72.3 Å². The number of hydrogen-bond donors (Lipinski definition) is 0. The normalized spacial score (nSPS) is 10.7. The first kappa shape index (κ1) is 18.7. The van der Waals surface area contributed by atoms with Gasteiger partial charge in [0.15, 0.2) is 0 Å². The fourth-order valence-electron chi connectivity index (χ4n) is 4.02. The predicted octanol–water partition coefficient (Wildman–Crippen LogP) is 6.99. The van der Waals surface area contributed by atoms with E-state index in [0.29, 0.717) is 5.82 Å². The van der Waals surface area contributed by atoms with Crippen LogP contribution in [-0.2, 0) is 0 Å². The zero-order chi connectivity index (χ0) is 20.5. The van der Waals surface area contributed by atoms with Crippen LogP contribution in [0.15, 0.2) is 66.7 Å². The Morgan fingerprint density at radius 1 is 0.759 bits per heavy atom. The lowest BCUT2D eigenvalue weighted by Gasteiger charge is -2.13. The number of benzene rings is 3. The van der Waals surface area contributed by atoms with Crippen molar-refractivity contribution in [3.05, 3.63) is 100 Å². The SMILES string of the molecule is [C-]#[N+]c1c(-c2cccc(C)c2)nc(-c2ccccc2)n1-c1c(C)cc(C)cc1C. The van der Waals surface area contributed by atoms with Crippen molar-refractivity contribution in [2.45, 2.75) is 27.7 Å². The highest BCUT2D eigenvalue weighted by molar-refractivity contribution is 5.80. The molecule has 142 valence electrons. The molecule has 0 fully saturated rings. The fraction of sp³-hybridized carbons (Fsp3) is 0.154. The first-order valence-electron chi connectivity index (χ1n) is 9.70. The molecule has 0 saturated carbocycles. The standard InChI is InChI=1S/C26H23N3/c1-17-10-9-13-22(16-17)23-26(27-5)29(24-19(3)14-18(2)15-20(24)4)25(28-23)21-11-7-6-8-12-21/h6-16H,1-4H3. The van der Waals surface area contributed by atoms with Gasteiger partial charge in [0.2, 0.25) is 5.82 Å². The summed E-state index contributed by atoms with van der Waals surface area (Å²) in [6.07, 6.45) is 0. The Labute approximate surface area is 172 Å². The highest BCUT2D eigenvalue weighted by Gasteiger charge is 2.25. The summed E-state index contributed by atoms with van der Waals surface area (Å²) in [5.74, 6) is 1.34. The van der Waals surface area contributed by atoms with Gasteiger partial charge in [-0.2, -0.15) is 0 Å². The molecule has 0 radical (unpaired) electrons. The molecule has 0 aliphatic rings. The van der Waals surface area contributed by atoms with E-state index in [9.17, 15) is 0 Å². The first-order valence-corrected chi connectivity index (χ1v) is 9.70. The molecule has 0 aliphatic carbocycles. The summed E-state index contributed by atoms with van der Waals surface area (Å²) in [5.41, 5.74) is 8.36. The molecule has 0 bridgehead atoms. The van der Waals surface area contributed by atoms with E-state index in [1.165, 1.54) is 5.56 Å². The molecule has 0 spiro atoms. The van der Waals surface area contributed by atoms with Crippen LogP contribution < -0.4 is 0 Å². The maximum atomic E-state index is 8.00. The van der Waals surface area contributed by atoms with Crippen LogP contribution in [0, 0.1) is 34.3 Å². The highest BCUT2D eigenvalue weighted by Crippen LogP contribution is 2.39. The average Bonchev–Trinajstić information content (AvgIpc) is 3.07. The third-order valence-corrected chi connectivity index (χ3v) is 5.14. The maximum absolute atomic E-state index is 8.00. The van der Waals surface area contributed by atoms with Crippen molar-refractivity contribution in [1.29, 1.82) is 0 Å². The third-order valence-electron chi connectivity index (χ3n) is 5.14. The number of hydrogen-bond acceptors (Lipinski definition) is 1. The van der Waals surface area contributed by atoms with Gasteiger partial charge in [0.1, 0.15) is 5.69 Å². The number of aromatic nitrogens is 2. The van der Waals surface area contributed by atoms with Gasteiger partial charge in [-0.15, -0.1) is 0 Å². The summed E-state index contributed by atoms with van der Waals surface area (Å²) in [5, 5.41) is 0. The van der Waals surface area contributed by atoms with Crippen molar-refractivity contribution in [3.63, 3.8) is 0 Å². The van der Waals surface area contributed by atoms with Crippen molar-refractivity contribution in [1.82, 2.24) is 9.55 Å². The van der Waals surface area contributed by atoms with Crippen LogP contribution >= 0.6 is 0 Å². The van der Waals surface area contributed by atoms with Crippen LogP contribution in [0.4, 0.5) is 5.82 Å². The smallest absolute Gasteiger partial charge is 0.263 e. The van der Waals surface area contributed by atoms with E-state index in [2.05, 4.69) is 56.8 Å². The summed E-state index contributed by atoms with van der Waals surface area (Å²) in [6, 6.07) is 22.6. The van der Waals surface area contributed by atoms with E-state index in [4.69, 9.17) is 11.6 Å². The quantitative estimate of drug-likeness (QED) is 0.353. The summed E-state index contributed by atoms with van der Waals surface area (Å²) < 4.78 is 2.03.